The first kappa shape index (κ1) is 30.2. The predicted octanol–water partition coefficient (Wildman–Crippen LogP) is 3.40. The number of rotatable bonds is 16. The quantitative estimate of drug-likeness (QED) is 0.0932. The van der Waals surface area contributed by atoms with Gasteiger partial charge in [-0.1, -0.05) is 24.3 Å². The van der Waals surface area contributed by atoms with Crippen molar-refractivity contribution in [2.75, 3.05) is 26.4 Å². The van der Waals surface area contributed by atoms with Crippen LogP contribution in [0.5, 0.6) is 11.5 Å². The van der Waals surface area contributed by atoms with Crippen LogP contribution in [0.15, 0.2) is 53.6 Å². The lowest BCUT2D eigenvalue weighted by atomic mass is 10.2. The normalized spacial score (nSPS) is 11.5. The molecule has 37 heavy (non-hydrogen) atoms. The molecule has 0 aliphatic rings. The molecule has 202 valence electrons. The number of hydrogen-bond donors (Lipinski definition) is 5. The summed E-state index contributed by atoms with van der Waals surface area (Å²) in [6.45, 7) is 9.58. The Hall–Kier alpha value is -2.99. The highest BCUT2D eigenvalue weighted by Gasteiger charge is 2.07. The monoisotopic (exact) mass is 546 g/mol. The summed E-state index contributed by atoms with van der Waals surface area (Å²) in [5, 5.41) is 11.5. The maximum absolute atomic E-state index is 5.49. The van der Waals surface area contributed by atoms with Gasteiger partial charge in [-0.2, -0.15) is 5.10 Å². The molecular formula is C26H38N6O3S2. The molecule has 9 nitrogen and oxygen atoms in total. The van der Waals surface area contributed by atoms with E-state index in [0.29, 0.717) is 56.2 Å². The standard InChI is InChI=1S/C26H38N6O3S2/c1-4-33-16-15-22(30-32-26(37)28-18-21-9-13-24(14-10-21)35-6-3)19-29-31-25(36)27-17-20-7-11-23(12-8-20)34-5-2/h7-14,19,22,30H,4-6,15-18H2,1-3H3,(H2,27,31,36)(H2,28,32,37)/b29-19+. The van der Waals surface area contributed by atoms with Gasteiger partial charge in [0.1, 0.15) is 11.5 Å². The number of thiocarbonyl (C=S) groups is 2. The highest BCUT2D eigenvalue weighted by molar-refractivity contribution is 7.80. The highest BCUT2D eigenvalue weighted by Crippen LogP contribution is 2.12. The van der Waals surface area contributed by atoms with Crippen molar-refractivity contribution in [1.82, 2.24) is 26.9 Å². The van der Waals surface area contributed by atoms with E-state index in [0.717, 1.165) is 22.6 Å². The van der Waals surface area contributed by atoms with Crippen molar-refractivity contribution in [2.24, 2.45) is 5.10 Å². The van der Waals surface area contributed by atoms with Crippen molar-refractivity contribution in [3.05, 3.63) is 59.7 Å². The van der Waals surface area contributed by atoms with Crippen molar-refractivity contribution in [3.8, 4) is 11.5 Å². The third kappa shape index (κ3) is 13.2. The summed E-state index contributed by atoms with van der Waals surface area (Å²) < 4.78 is 16.4. The molecular weight excluding hydrogens is 508 g/mol. The van der Waals surface area contributed by atoms with Crippen molar-refractivity contribution < 1.29 is 14.2 Å². The molecule has 2 aromatic rings. The van der Waals surface area contributed by atoms with Crippen LogP contribution >= 0.6 is 24.4 Å². The second-order valence-electron chi connectivity index (χ2n) is 7.77. The van der Waals surface area contributed by atoms with Crippen LogP contribution in [0.3, 0.4) is 0 Å². The van der Waals surface area contributed by atoms with E-state index < -0.39 is 0 Å². The molecule has 0 spiro atoms. The second kappa shape index (κ2) is 18.3. The average molecular weight is 547 g/mol. The van der Waals surface area contributed by atoms with Crippen LogP contribution in [0, 0.1) is 0 Å². The molecule has 0 aliphatic carbocycles. The smallest absolute Gasteiger partial charge is 0.187 e. The predicted molar refractivity (Wildman–Crippen MR) is 157 cm³/mol. The summed E-state index contributed by atoms with van der Waals surface area (Å²) in [5.41, 5.74) is 11.2. The van der Waals surface area contributed by atoms with Gasteiger partial charge in [-0.25, -0.2) is 5.43 Å². The molecule has 1 unspecified atom stereocenters. The van der Waals surface area contributed by atoms with E-state index in [9.17, 15) is 0 Å². The summed E-state index contributed by atoms with van der Waals surface area (Å²) in [6, 6.07) is 15.6. The molecule has 0 amide bonds. The van der Waals surface area contributed by atoms with Crippen LogP contribution in [-0.2, 0) is 17.8 Å². The second-order valence-corrected chi connectivity index (χ2v) is 8.59. The number of hydrazone groups is 1. The van der Waals surface area contributed by atoms with Crippen LogP contribution < -0.4 is 36.4 Å². The zero-order valence-corrected chi connectivity index (χ0v) is 23.3. The summed E-state index contributed by atoms with van der Waals surface area (Å²) in [6.07, 6.45) is 2.42. The minimum Gasteiger partial charge on any atom is -0.494 e. The summed E-state index contributed by atoms with van der Waals surface area (Å²) in [5.74, 6) is 1.70. The van der Waals surface area contributed by atoms with E-state index in [1.165, 1.54) is 0 Å². The molecule has 2 rings (SSSR count). The zero-order valence-electron chi connectivity index (χ0n) is 21.7. The van der Waals surface area contributed by atoms with E-state index in [2.05, 4.69) is 32.0 Å². The van der Waals surface area contributed by atoms with Gasteiger partial charge in [-0.05, 0) is 87.0 Å². The number of nitrogens with zero attached hydrogens (tertiary/aromatic N) is 1. The minimum absolute atomic E-state index is 0.141. The van der Waals surface area contributed by atoms with E-state index >= 15 is 0 Å². The Kier molecular flexibility index (Phi) is 14.9. The molecule has 0 fully saturated rings. The fourth-order valence-corrected chi connectivity index (χ4v) is 3.33. The number of hydrogen-bond acceptors (Lipinski definition) is 7. The number of ether oxygens (including phenoxy) is 3. The van der Waals surface area contributed by atoms with Gasteiger partial charge in [0.2, 0.25) is 0 Å². The van der Waals surface area contributed by atoms with Gasteiger partial charge in [0, 0.05) is 32.5 Å². The van der Waals surface area contributed by atoms with Crippen LogP contribution in [0.2, 0.25) is 0 Å². The first-order valence-electron chi connectivity index (χ1n) is 12.4. The molecule has 0 saturated carbocycles. The van der Waals surface area contributed by atoms with Crippen molar-refractivity contribution in [1.29, 1.82) is 0 Å². The van der Waals surface area contributed by atoms with Gasteiger partial charge < -0.3 is 24.8 Å². The summed E-state index contributed by atoms with van der Waals surface area (Å²) in [4.78, 5) is 0. The first-order valence-corrected chi connectivity index (χ1v) is 13.2. The topological polar surface area (TPSA) is 100 Å². The lowest BCUT2D eigenvalue weighted by Gasteiger charge is -2.17. The Balaban J connectivity index is 1.74. The van der Waals surface area contributed by atoms with Crippen LogP contribution in [0.4, 0.5) is 0 Å². The Bertz CT molecular complexity index is 958. The number of hydrazine groups is 1. The third-order valence-corrected chi connectivity index (χ3v) is 5.43. The van der Waals surface area contributed by atoms with Crippen LogP contribution in [0.25, 0.3) is 0 Å². The van der Waals surface area contributed by atoms with Crippen molar-refractivity contribution in [2.45, 2.75) is 46.3 Å². The molecule has 11 heteroatoms. The average Bonchev–Trinajstić information content (AvgIpc) is 2.91. The number of benzene rings is 2. The van der Waals surface area contributed by atoms with Gasteiger partial charge in [-0.3, -0.25) is 10.9 Å². The van der Waals surface area contributed by atoms with Crippen molar-refractivity contribution in [3.63, 3.8) is 0 Å². The summed E-state index contributed by atoms with van der Waals surface area (Å²) in [7, 11) is 0. The molecule has 0 radical (unpaired) electrons. The highest BCUT2D eigenvalue weighted by atomic mass is 32.1. The molecule has 0 aliphatic heterocycles. The molecule has 0 saturated heterocycles. The van der Waals surface area contributed by atoms with Crippen LogP contribution in [0.1, 0.15) is 38.3 Å². The lowest BCUT2D eigenvalue weighted by Crippen LogP contribution is -2.49. The number of nitrogens with one attached hydrogen (secondary N) is 5. The van der Waals surface area contributed by atoms with E-state index in [1.54, 1.807) is 6.21 Å². The Morgan fingerprint density at radius 3 is 1.86 bits per heavy atom. The molecule has 5 N–H and O–H groups in total. The molecule has 1 atom stereocenters. The molecule has 0 heterocycles. The maximum atomic E-state index is 5.49. The zero-order chi connectivity index (χ0) is 26.7. The largest absolute Gasteiger partial charge is 0.494 e. The molecule has 2 aromatic carbocycles. The summed E-state index contributed by atoms with van der Waals surface area (Å²) >= 11 is 10.7. The fraction of sp³-hybridized carbons (Fsp3) is 0.423. The van der Waals surface area contributed by atoms with Crippen molar-refractivity contribution >= 4 is 40.9 Å². The van der Waals surface area contributed by atoms with Gasteiger partial charge in [-0.15, -0.1) is 0 Å². The van der Waals surface area contributed by atoms with Gasteiger partial charge in [0.15, 0.2) is 10.2 Å². The van der Waals surface area contributed by atoms with E-state index in [1.807, 2.05) is 69.3 Å². The minimum atomic E-state index is -0.141. The molecule has 0 aromatic heterocycles. The van der Waals surface area contributed by atoms with E-state index in [-0.39, 0.29) is 6.04 Å². The van der Waals surface area contributed by atoms with Gasteiger partial charge in [0.25, 0.3) is 0 Å². The Morgan fingerprint density at radius 1 is 0.811 bits per heavy atom. The Morgan fingerprint density at radius 2 is 1.35 bits per heavy atom. The fourth-order valence-electron chi connectivity index (χ4n) is 3.07. The molecule has 0 bridgehead atoms. The van der Waals surface area contributed by atoms with E-state index in [4.69, 9.17) is 38.6 Å². The van der Waals surface area contributed by atoms with Gasteiger partial charge in [0.05, 0.1) is 19.3 Å². The Labute approximate surface area is 230 Å². The third-order valence-electron chi connectivity index (χ3n) is 4.94. The first-order chi connectivity index (χ1) is 18.0. The van der Waals surface area contributed by atoms with Crippen LogP contribution in [-0.4, -0.2) is 48.9 Å². The van der Waals surface area contributed by atoms with Gasteiger partial charge >= 0.3 is 0 Å². The lowest BCUT2D eigenvalue weighted by molar-refractivity contribution is 0.141. The maximum Gasteiger partial charge on any atom is 0.187 e. The SMILES string of the molecule is CCOCCC(/C=N/NC(=S)NCc1ccc(OCC)cc1)NNC(=S)NCc1ccc(OCC)cc1.